The Morgan fingerprint density at radius 2 is 1.30 bits per heavy atom. The summed E-state index contributed by atoms with van der Waals surface area (Å²) in [6.45, 7) is 12.5. The van der Waals surface area contributed by atoms with Crippen LogP contribution in [0.5, 0.6) is 0 Å². The van der Waals surface area contributed by atoms with E-state index in [2.05, 4.69) is 86.8 Å². The monoisotopic (exact) mass is 383 g/mol. The number of nitrogens with one attached hydrogen (secondary N) is 4. The van der Waals surface area contributed by atoms with Crippen molar-refractivity contribution in [2.45, 2.75) is 44.4 Å². The lowest BCUT2D eigenvalue weighted by Gasteiger charge is -2.39. The number of nitrogens with two attached hydrogens (primary N) is 1. The van der Waals surface area contributed by atoms with Gasteiger partial charge in [-0.3, -0.25) is 5.32 Å². The van der Waals surface area contributed by atoms with Gasteiger partial charge in [-0.25, -0.2) is 0 Å². The summed E-state index contributed by atoms with van der Waals surface area (Å²) < 4.78 is 0. The summed E-state index contributed by atoms with van der Waals surface area (Å²) in [5.74, 6) is 2.01. The molecule has 0 aromatic carbocycles. The molecule has 0 saturated heterocycles. The second-order valence-corrected chi connectivity index (χ2v) is 7.72. The molecule has 0 radical (unpaired) electrons. The second kappa shape index (κ2) is 11.5. The van der Waals surface area contributed by atoms with Crippen LogP contribution in [0, 0.1) is 0 Å². The van der Waals surface area contributed by atoms with E-state index in [1.807, 2.05) is 0 Å². The highest BCUT2D eigenvalue weighted by molar-refractivity contribution is 7.80. The van der Waals surface area contributed by atoms with E-state index in [1.54, 1.807) is 0 Å². The third-order valence-corrected chi connectivity index (χ3v) is 5.97. The van der Waals surface area contributed by atoms with E-state index >= 15 is 0 Å². The van der Waals surface area contributed by atoms with Gasteiger partial charge in [0.25, 0.3) is 0 Å². The van der Waals surface area contributed by atoms with Gasteiger partial charge in [0, 0.05) is 48.0 Å². The van der Waals surface area contributed by atoms with Crippen LogP contribution in [-0.2, 0) is 0 Å². The van der Waals surface area contributed by atoms with Crippen molar-refractivity contribution in [3.8, 4) is 0 Å². The molecule has 3 atom stereocenters. The highest BCUT2D eigenvalue weighted by Crippen LogP contribution is 2.10. The SMILES string of the molecule is CCNC[C@@](C)(CS)NCC(N)(CS)NC[C@@](C)(CS)NCC. The summed E-state index contributed by atoms with van der Waals surface area (Å²) in [5.41, 5.74) is 5.71. The average Bonchev–Trinajstić information content (AvgIpc) is 2.56. The third-order valence-electron chi connectivity index (χ3n) is 4.01. The summed E-state index contributed by atoms with van der Waals surface area (Å²) >= 11 is 13.4. The smallest absolute Gasteiger partial charge is 0.0881 e. The van der Waals surface area contributed by atoms with Crippen molar-refractivity contribution in [3.05, 3.63) is 0 Å². The van der Waals surface area contributed by atoms with E-state index in [1.165, 1.54) is 0 Å². The van der Waals surface area contributed by atoms with Gasteiger partial charge in [0.2, 0.25) is 0 Å². The lowest BCUT2D eigenvalue weighted by molar-refractivity contribution is 0.264. The largest absolute Gasteiger partial charge is 0.315 e. The highest BCUT2D eigenvalue weighted by atomic mass is 32.1. The molecule has 6 N–H and O–H groups in total. The number of rotatable bonds is 14. The lowest BCUT2D eigenvalue weighted by Crippen LogP contribution is -2.68. The Bertz CT molecular complexity index is 323. The van der Waals surface area contributed by atoms with E-state index < -0.39 is 5.66 Å². The molecule has 0 spiro atoms. The maximum atomic E-state index is 6.50. The molecular weight excluding hydrogens is 346 g/mol. The van der Waals surface area contributed by atoms with Crippen molar-refractivity contribution in [2.24, 2.45) is 5.73 Å². The summed E-state index contributed by atoms with van der Waals surface area (Å²) in [7, 11) is 0. The Balaban J connectivity index is 4.64. The first-order chi connectivity index (χ1) is 10.7. The molecule has 0 aromatic heterocycles. The molecule has 0 rings (SSSR count). The van der Waals surface area contributed by atoms with Gasteiger partial charge >= 0.3 is 0 Å². The van der Waals surface area contributed by atoms with Crippen molar-refractivity contribution in [3.63, 3.8) is 0 Å². The van der Waals surface area contributed by atoms with Crippen LogP contribution in [0.15, 0.2) is 0 Å². The van der Waals surface area contributed by atoms with Crippen LogP contribution in [0.25, 0.3) is 0 Å². The van der Waals surface area contributed by atoms with Gasteiger partial charge in [-0.1, -0.05) is 13.8 Å². The standard InChI is InChI=1S/C15H37N5S3/c1-5-17-7-13(3,10-21)19-9-15(16,12-23)20-8-14(4,11-22)18-6-2/h17-23H,5-12,16H2,1-4H3/t13-,14-,15?/m0/s1. The quantitative estimate of drug-likeness (QED) is 0.164. The zero-order chi connectivity index (χ0) is 18.0. The van der Waals surface area contributed by atoms with Crippen LogP contribution in [0.2, 0.25) is 0 Å². The second-order valence-electron chi connectivity index (χ2n) is 6.77. The Labute approximate surface area is 159 Å². The van der Waals surface area contributed by atoms with Crippen molar-refractivity contribution in [1.82, 2.24) is 21.3 Å². The van der Waals surface area contributed by atoms with Gasteiger partial charge in [-0.2, -0.15) is 37.9 Å². The molecule has 0 aromatic rings. The fraction of sp³-hybridized carbons (Fsp3) is 1.00. The lowest BCUT2D eigenvalue weighted by atomic mass is 10.0. The first-order valence-corrected chi connectivity index (χ1v) is 10.2. The zero-order valence-corrected chi connectivity index (χ0v) is 17.8. The highest BCUT2D eigenvalue weighted by Gasteiger charge is 2.31. The minimum Gasteiger partial charge on any atom is -0.315 e. The van der Waals surface area contributed by atoms with Gasteiger partial charge in [-0.15, -0.1) is 0 Å². The molecule has 140 valence electrons. The molecule has 5 nitrogen and oxygen atoms in total. The Kier molecular flexibility index (Phi) is 11.9. The Morgan fingerprint density at radius 3 is 1.74 bits per heavy atom. The number of hydrogen-bond acceptors (Lipinski definition) is 8. The first-order valence-electron chi connectivity index (χ1n) is 8.29. The number of likely N-dealkylation sites (N-methyl/N-ethyl adjacent to an activating group) is 2. The molecule has 0 aliphatic rings. The predicted molar refractivity (Wildman–Crippen MR) is 114 cm³/mol. The van der Waals surface area contributed by atoms with E-state index in [4.69, 9.17) is 5.73 Å². The molecule has 0 bridgehead atoms. The van der Waals surface area contributed by atoms with Crippen LogP contribution >= 0.6 is 37.9 Å². The van der Waals surface area contributed by atoms with Crippen molar-refractivity contribution in [2.75, 3.05) is 50.0 Å². The maximum absolute atomic E-state index is 6.50. The summed E-state index contributed by atoms with van der Waals surface area (Å²) in [6, 6.07) is 0. The van der Waals surface area contributed by atoms with Crippen LogP contribution < -0.4 is 27.0 Å². The normalized spacial score (nSPS) is 19.8. The molecule has 0 aliphatic carbocycles. The maximum Gasteiger partial charge on any atom is 0.0881 e. The van der Waals surface area contributed by atoms with E-state index in [9.17, 15) is 0 Å². The van der Waals surface area contributed by atoms with Crippen LogP contribution in [0.1, 0.15) is 27.7 Å². The molecule has 0 heterocycles. The molecule has 8 heteroatoms. The van der Waals surface area contributed by atoms with Gasteiger partial charge in [0.05, 0.1) is 5.66 Å². The Hall–Kier alpha value is 0.850. The minimum atomic E-state index is -0.584. The molecule has 0 saturated carbocycles. The molecular formula is C15H37N5S3. The van der Waals surface area contributed by atoms with Gasteiger partial charge in [0.15, 0.2) is 0 Å². The Morgan fingerprint density at radius 1 is 0.739 bits per heavy atom. The van der Waals surface area contributed by atoms with Crippen LogP contribution in [-0.4, -0.2) is 66.7 Å². The topological polar surface area (TPSA) is 74.1 Å². The van der Waals surface area contributed by atoms with Gasteiger partial charge < -0.3 is 21.7 Å². The summed E-state index contributed by atoms with van der Waals surface area (Å²) in [5, 5.41) is 13.8. The third kappa shape index (κ3) is 9.21. The first kappa shape index (κ1) is 23.9. The van der Waals surface area contributed by atoms with E-state index in [-0.39, 0.29) is 11.1 Å². The fourth-order valence-corrected chi connectivity index (χ4v) is 2.76. The van der Waals surface area contributed by atoms with Crippen molar-refractivity contribution >= 4 is 37.9 Å². The molecule has 23 heavy (non-hydrogen) atoms. The van der Waals surface area contributed by atoms with Crippen molar-refractivity contribution < 1.29 is 0 Å². The van der Waals surface area contributed by atoms with E-state index in [0.717, 1.165) is 37.7 Å². The fourth-order valence-electron chi connectivity index (χ4n) is 2.09. The van der Waals surface area contributed by atoms with Crippen molar-refractivity contribution in [1.29, 1.82) is 0 Å². The molecule has 0 aliphatic heterocycles. The van der Waals surface area contributed by atoms with Gasteiger partial charge in [0.1, 0.15) is 0 Å². The average molecular weight is 384 g/mol. The van der Waals surface area contributed by atoms with E-state index in [0.29, 0.717) is 12.3 Å². The predicted octanol–water partition coefficient (Wildman–Crippen LogP) is 0.346. The zero-order valence-electron chi connectivity index (χ0n) is 15.1. The molecule has 0 fully saturated rings. The summed E-state index contributed by atoms with van der Waals surface area (Å²) in [6.07, 6.45) is 0. The van der Waals surface area contributed by atoms with Crippen LogP contribution in [0.3, 0.4) is 0 Å². The minimum absolute atomic E-state index is 0.0952. The summed E-state index contributed by atoms with van der Waals surface area (Å²) in [4.78, 5) is 0. The molecule has 1 unspecified atom stereocenters. The molecule has 0 amide bonds. The van der Waals surface area contributed by atoms with Crippen LogP contribution in [0.4, 0.5) is 0 Å². The number of thiol groups is 3. The van der Waals surface area contributed by atoms with Gasteiger partial charge in [-0.05, 0) is 26.9 Å². The number of hydrogen-bond donors (Lipinski definition) is 8.